The molecule has 0 saturated carbocycles. The van der Waals surface area contributed by atoms with E-state index in [-0.39, 0.29) is 17.6 Å². The molecule has 0 radical (unpaired) electrons. The molecule has 7 heteroatoms. The zero-order chi connectivity index (χ0) is 23.1. The van der Waals surface area contributed by atoms with E-state index in [1.54, 1.807) is 6.92 Å². The van der Waals surface area contributed by atoms with Crippen LogP contribution in [-0.2, 0) is 14.3 Å². The topological polar surface area (TPSA) is 79.8 Å². The fourth-order valence-electron chi connectivity index (χ4n) is 3.50. The number of rotatable bonds is 7. The normalized spacial score (nSPS) is 15.8. The first kappa shape index (κ1) is 23.6. The second-order valence-electron chi connectivity index (χ2n) is 7.71. The maximum Gasteiger partial charge on any atom is 0.338 e. The van der Waals surface area contributed by atoms with E-state index >= 15 is 0 Å². The first-order valence-corrected chi connectivity index (χ1v) is 11.7. The first-order valence-electron chi connectivity index (χ1n) is 10.7. The molecule has 1 aliphatic heterocycles. The summed E-state index contributed by atoms with van der Waals surface area (Å²) in [6.07, 6.45) is 0. The van der Waals surface area contributed by atoms with Gasteiger partial charge in [0, 0.05) is 11.4 Å². The van der Waals surface area contributed by atoms with Gasteiger partial charge in [-0.3, -0.25) is 4.79 Å². The van der Waals surface area contributed by atoms with Crippen molar-refractivity contribution in [1.82, 2.24) is 5.32 Å². The minimum atomic E-state index is -0.483. The molecule has 1 heterocycles. The number of nitrogens with zero attached hydrogens (tertiary/aromatic N) is 1. The molecule has 0 spiro atoms. The molecule has 0 aromatic heterocycles. The summed E-state index contributed by atoms with van der Waals surface area (Å²) in [5.74, 6) is 0.00930. The highest BCUT2D eigenvalue weighted by atomic mass is 32.2. The second-order valence-corrected chi connectivity index (χ2v) is 8.67. The molecule has 2 aromatic carbocycles. The van der Waals surface area contributed by atoms with Crippen LogP contribution in [-0.4, -0.2) is 29.4 Å². The van der Waals surface area contributed by atoms with Crippen LogP contribution in [0.2, 0.25) is 0 Å². The third kappa shape index (κ3) is 5.79. The van der Waals surface area contributed by atoms with E-state index in [4.69, 9.17) is 9.73 Å². The van der Waals surface area contributed by atoms with Gasteiger partial charge in [0.05, 0.1) is 17.9 Å². The summed E-state index contributed by atoms with van der Waals surface area (Å²) in [7, 11) is 0. The van der Waals surface area contributed by atoms with Gasteiger partial charge in [-0.1, -0.05) is 74.1 Å². The number of hydrogen-bond donors (Lipinski definition) is 2. The predicted molar refractivity (Wildman–Crippen MR) is 131 cm³/mol. The first-order chi connectivity index (χ1) is 15.4. The van der Waals surface area contributed by atoms with Crippen LogP contribution < -0.4 is 10.6 Å². The molecule has 1 aliphatic rings. The van der Waals surface area contributed by atoms with E-state index in [2.05, 4.69) is 24.5 Å². The lowest BCUT2D eigenvalue weighted by Crippen LogP contribution is -2.31. The van der Waals surface area contributed by atoms with Crippen molar-refractivity contribution in [2.24, 2.45) is 4.99 Å². The number of benzene rings is 2. The largest absolute Gasteiger partial charge is 0.463 e. The monoisotopic (exact) mass is 451 g/mol. The lowest BCUT2D eigenvalue weighted by Gasteiger charge is -2.25. The number of thioether (sulfide) groups is 1. The van der Waals surface area contributed by atoms with Crippen molar-refractivity contribution in [3.8, 4) is 0 Å². The van der Waals surface area contributed by atoms with Crippen molar-refractivity contribution in [3.05, 3.63) is 77.0 Å². The highest BCUT2D eigenvalue weighted by Crippen LogP contribution is 2.33. The van der Waals surface area contributed by atoms with Crippen molar-refractivity contribution in [2.45, 2.75) is 39.7 Å². The number of carbonyl (C=O) groups excluding carboxylic acids is 2. The highest BCUT2D eigenvalue weighted by Gasteiger charge is 2.30. The van der Waals surface area contributed by atoms with E-state index in [0.717, 1.165) is 16.8 Å². The summed E-state index contributed by atoms with van der Waals surface area (Å²) in [6, 6.07) is 17.0. The molecule has 0 saturated heterocycles. The van der Waals surface area contributed by atoms with Gasteiger partial charge in [0.25, 0.3) is 0 Å². The Hall–Kier alpha value is -3.06. The maximum atomic E-state index is 12.6. The van der Waals surface area contributed by atoms with Crippen LogP contribution in [0.25, 0.3) is 0 Å². The minimum Gasteiger partial charge on any atom is -0.463 e. The number of hydrogen-bond acceptors (Lipinski definition) is 6. The molecule has 32 heavy (non-hydrogen) atoms. The number of aliphatic imine (C=N–C) groups is 1. The summed E-state index contributed by atoms with van der Waals surface area (Å²) in [5, 5.41) is 6.76. The number of nitrogens with one attached hydrogen (secondary N) is 2. The van der Waals surface area contributed by atoms with Gasteiger partial charge in [-0.15, -0.1) is 0 Å². The molecule has 0 bridgehead atoms. The number of para-hydroxylation sites is 1. The quantitative estimate of drug-likeness (QED) is 0.578. The van der Waals surface area contributed by atoms with E-state index in [9.17, 15) is 9.59 Å². The number of amidine groups is 1. The van der Waals surface area contributed by atoms with Gasteiger partial charge in [0.15, 0.2) is 5.17 Å². The second kappa shape index (κ2) is 11.0. The number of amides is 1. The number of anilines is 1. The Kier molecular flexibility index (Phi) is 8.11. The van der Waals surface area contributed by atoms with Crippen LogP contribution in [0.5, 0.6) is 0 Å². The standard InChI is InChI=1S/C25H29N3O3S/c1-5-31-24(30)22-17(4)26-25(28-23(22)18-11-7-6-8-12-18)32-15-21(29)27-20-14-10-9-13-19(20)16(2)3/h6-14,16,23H,5,15H2,1-4H3,(H,26,28)(H,27,29)/t23-/m0/s1. The van der Waals surface area contributed by atoms with Crippen molar-refractivity contribution in [3.63, 3.8) is 0 Å². The van der Waals surface area contributed by atoms with Crippen LogP contribution in [0.4, 0.5) is 5.69 Å². The fourth-order valence-corrected chi connectivity index (χ4v) is 4.25. The van der Waals surface area contributed by atoms with Crippen LogP contribution in [0.1, 0.15) is 50.8 Å². The summed E-state index contributed by atoms with van der Waals surface area (Å²) in [4.78, 5) is 30.0. The molecule has 6 nitrogen and oxygen atoms in total. The van der Waals surface area contributed by atoms with Gasteiger partial charge in [0.1, 0.15) is 6.04 Å². The summed E-state index contributed by atoms with van der Waals surface area (Å²) >= 11 is 1.31. The molecule has 2 N–H and O–H groups in total. The Morgan fingerprint density at radius 1 is 1.12 bits per heavy atom. The SMILES string of the molecule is CCOC(=O)C1=C(C)NC(SCC(=O)Nc2ccccc2C(C)C)=N[C@H]1c1ccccc1. The fraction of sp³-hybridized carbons (Fsp3) is 0.320. The average Bonchev–Trinajstić information content (AvgIpc) is 2.78. The third-order valence-electron chi connectivity index (χ3n) is 5.03. The van der Waals surface area contributed by atoms with Gasteiger partial charge in [0.2, 0.25) is 5.91 Å². The Morgan fingerprint density at radius 3 is 2.50 bits per heavy atom. The Balaban J connectivity index is 1.74. The molecular weight excluding hydrogens is 422 g/mol. The van der Waals surface area contributed by atoms with Gasteiger partial charge in [-0.2, -0.15) is 0 Å². The Labute approximate surface area is 193 Å². The summed E-state index contributed by atoms with van der Waals surface area (Å²) in [6.45, 7) is 8.10. The highest BCUT2D eigenvalue weighted by molar-refractivity contribution is 8.14. The lowest BCUT2D eigenvalue weighted by atomic mass is 9.97. The van der Waals surface area contributed by atoms with E-state index in [1.165, 1.54) is 11.8 Å². The van der Waals surface area contributed by atoms with Crippen molar-refractivity contribution >= 4 is 34.5 Å². The molecule has 0 unspecified atom stereocenters. The molecular formula is C25H29N3O3S. The number of esters is 1. The Morgan fingerprint density at radius 2 is 1.81 bits per heavy atom. The van der Waals surface area contributed by atoms with Gasteiger partial charge >= 0.3 is 5.97 Å². The van der Waals surface area contributed by atoms with Gasteiger partial charge < -0.3 is 15.4 Å². The molecule has 168 valence electrons. The molecule has 0 fully saturated rings. The van der Waals surface area contributed by atoms with Gasteiger partial charge in [-0.25, -0.2) is 9.79 Å². The van der Waals surface area contributed by atoms with Crippen molar-refractivity contribution < 1.29 is 14.3 Å². The third-order valence-corrected chi connectivity index (χ3v) is 5.91. The predicted octanol–water partition coefficient (Wildman–Crippen LogP) is 5.02. The van der Waals surface area contributed by atoms with Crippen LogP contribution in [0.15, 0.2) is 70.9 Å². The van der Waals surface area contributed by atoms with E-state index in [1.807, 2.05) is 61.5 Å². The molecule has 2 aromatic rings. The lowest BCUT2D eigenvalue weighted by molar-refractivity contribution is -0.139. The summed E-state index contributed by atoms with van der Waals surface area (Å²) in [5.41, 5.74) is 3.98. The molecule has 1 amide bonds. The zero-order valence-electron chi connectivity index (χ0n) is 18.8. The van der Waals surface area contributed by atoms with Crippen molar-refractivity contribution in [2.75, 3.05) is 17.7 Å². The molecule has 1 atom stereocenters. The van der Waals surface area contributed by atoms with Crippen molar-refractivity contribution in [1.29, 1.82) is 0 Å². The molecule has 0 aliphatic carbocycles. The van der Waals surface area contributed by atoms with Crippen LogP contribution >= 0.6 is 11.8 Å². The Bertz CT molecular complexity index is 1030. The molecule has 3 rings (SSSR count). The average molecular weight is 452 g/mol. The number of carbonyl (C=O) groups is 2. The number of allylic oxidation sites excluding steroid dienone is 1. The van der Waals surface area contributed by atoms with Crippen LogP contribution in [0.3, 0.4) is 0 Å². The number of ether oxygens (including phenoxy) is 1. The minimum absolute atomic E-state index is 0.110. The van der Waals surface area contributed by atoms with Gasteiger partial charge in [-0.05, 0) is 37.0 Å². The van der Waals surface area contributed by atoms with Crippen LogP contribution in [0, 0.1) is 0 Å². The maximum absolute atomic E-state index is 12.6. The summed E-state index contributed by atoms with van der Waals surface area (Å²) < 4.78 is 5.26. The smallest absolute Gasteiger partial charge is 0.338 e. The zero-order valence-corrected chi connectivity index (χ0v) is 19.7. The van der Waals surface area contributed by atoms with E-state index in [0.29, 0.717) is 29.0 Å². The van der Waals surface area contributed by atoms with E-state index < -0.39 is 6.04 Å².